The Bertz CT molecular complexity index is 399. The average molecular weight is 274 g/mol. The van der Waals surface area contributed by atoms with Crippen molar-refractivity contribution in [3.8, 4) is 0 Å². The van der Waals surface area contributed by atoms with Crippen molar-refractivity contribution < 1.29 is 0 Å². The molecule has 0 aliphatic carbocycles. The van der Waals surface area contributed by atoms with Crippen LogP contribution in [-0.4, -0.2) is 29.6 Å². The number of nitrogens with one attached hydrogen (secondary N) is 1. The van der Waals surface area contributed by atoms with Crippen molar-refractivity contribution in [3.05, 3.63) is 35.9 Å². The standard InChI is InChI=1S/C18H30N2/c1-5-10-16(6-2)20-14-18(3,4)19-13-17(20)15-11-8-7-9-12-15/h7-9,11-12,16-17,19H,5-6,10,13-14H2,1-4H3. The summed E-state index contributed by atoms with van der Waals surface area (Å²) in [5, 5.41) is 3.72. The Morgan fingerprint density at radius 1 is 1.25 bits per heavy atom. The molecular formula is C18H30N2. The van der Waals surface area contributed by atoms with Crippen LogP contribution in [0.25, 0.3) is 0 Å². The Balaban J connectivity index is 2.24. The number of hydrogen-bond donors (Lipinski definition) is 1. The zero-order valence-corrected chi connectivity index (χ0v) is 13.5. The summed E-state index contributed by atoms with van der Waals surface area (Å²) in [6.07, 6.45) is 3.81. The summed E-state index contributed by atoms with van der Waals surface area (Å²) in [5.41, 5.74) is 1.66. The van der Waals surface area contributed by atoms with Crippen LogP contribution < -0.4 is 5.32 Å². The Morgan fingerprint density at radius 3 is 2.55 bits per heavy atom. The second-order valence-corrected chi connectivity index (χ2v) is 6.71. The van der Waals surface area contributed by atoms with Crippen molar-refractivity contribution in [1.29, 1.82) is 0 Å². The monoisotopic (exact) mass is 274 g/mol. The second-order valence-electron chi connectivity index (χ2n) is 6.71. The normalized spacial score (nSPS) is 24.5. The van der Waals surface area contributed by atoms with Gasteiger partial charge in [-0.2, -0.15) is 0 Å². The Labute approximate surface area is 124 Å². The fourth-order valence-corrected chi connectivity index (χ4v) is 3.42. The predicted molar refractivity (Wildman–Crippen MR) is 87.0 cm³/mol. The molecule has 1 saturated heterocycles. The van der Waals surface area contributed by atoms with Crippen LogP contribution in [0.15, 0.2) is 30.3 Å². The highest BCUT2D eigenvalue weighted by atomic mass is 15.3. The van der Waals surface area contributed by atoms with Crippen molar-refractivity contribution in [1.82, 2.24) is 10.2 Å². The van der Waals surface area contributed by atoms with E-state index in [9.17, 15) is 0 Å². The third-order valence-electron chi connectivity index (χ3n) is 4.50. The zero-order valence-electron chi connectivity index (χ0n) is 13.5. The van der Waals surface area contributed by atoms with E-state index in [0.29, 0.717) is 12.1 Å². The van der Waals surface area contributed by atoms with E-state index in [1.54, 1.807) is 0 Å². The third-order valence-corrected chi connectivity index (χ3v) is 4.50. The molecule has 0 saturated carbocycles. The Hall–Kier alpha value is -0.860. The van der Waals surface area contributed by atoms with Crippen molar-refractivity contribution >= 4 is 0 Å². The summed E-state index contributed by atoms with van der Waals surface area (Å²) < 4.78 is 0. The molecule has 2 unspecified atom stereocenters. The van der Waals surface area contributed by atoms with Crippen molar-refractivity contribution in [3.63, 3.8) is 0 Å². The van der Waals surface area contributed by atoms with Gasteiger partial charge in [-0.05, 0) is 32.3 Å². The van der Waals surface area contributed by atoms with Gasteiger partial charge in [0.2, 0.25) is 0 Å². The van der Waals surface area contributed by atoms with Gasteiger partial charge in [0.1, 0.15) is 0 Å². The lowest BCUT2D eigenvalue weighted by Gasteiger charge is -2.48. The molecule has 1 aromatic rings. The lowest BCUT2D eigenvalue weighted by atomic mass is 9.91. The molecule has 2 heteroatoms. The van der Waals surface area contributed by atoms with E-state index in [0.717, 1.165) is 13.1 Å². The van der Waals surface area contributed by atoms with Crippen LogP contribution in [0.1, 0.15) is 58.6 Å². The predicted octanol–water partition coefficient (Wildman–Crippen LogP) is 3.99. The van der Waals surface area contributed by atoms with Gasteiger partial charge in [0.05, 0.1) is 0 Å². The van der Waals surface area contributed by atoms with Gasteiger partial charge in [-0.1, -0.05) is 50.6 Å². The summed E-state index contributed by atoms with van der Waals surface area (Å²) >= 11 is 0. The SMILES string of the molecule is CCCC(CC)N1CC(C)(C)NCC1c1ccccc1. The molecule has 0 radical (unpaired) electrons. The Morgan fingerprint density at radius 2 is 1.95 bits per heavy atom. The summed E-state index contributed by atoms with van der Waals surface area (Å²) in [7, 11) is 0. The first-order valence-electron chi connectivity index (χ1n) is 8.13. The fraction of sp³-hybridized carbons (Fsp3) is 0.667. The number of benzene rings is 1. The van der Waals surface area contributed by atoms with Gasteiger partial charge in [0.15, 0.2) is 0 Å². The summed E-state index contributed by atoms with van der Waals surface area (Å²) in [4.78, 5) is 2.75. The minimum absolute atomic E-state index is 0.215. The maximum atomic E-state index is 3.72. The molecular weight excluding hydrogens is 244 g/mol. The minimum Gasteiger partial charge on any atom is -0.309 e. The highest BCUT2D eigenvalue weighted by Gasteiger charge is 2.36. The van der Waals surface area contributed by atoms with Crippen molar-refractivity contribution in [2.45, 2.75) is 64.6 Å². The minimum atomic E-state index is 0.215. The number of hydrogen-bond acceptors (Lipinski definition) is 2. The molecule has 1 aromatic carbocycles. The largest absolute Gasteiger partial charge is 0.309 e. The molecule has 1 fully saturated rings. The molecule has 1 heterocycles. The zero-order chi connectivity index (χ0) is 14.6. The lowest BCUT2D eigenvalue weighted by Crippen LogP contribution is -2.60. The van der Waals surface area contributed by atoms with Gasteiger partial charge < -0.3 is 5.32 Å². The molecule has 112 valence electrons. The first kappa shape index (κ1) is 15.5. The number of nitrogens with zero attached hydrogens (tertiary/aromatic N) is 1. The molecule has 2 atom stereocenters. The van der Waals surface area contributed by atoms with E-state index in [1.807, 2.05) is 0 Å². The molecule has 1 N–H and O–H groups in total. The van der Waals surface area contributed by atoms with E-state index in [-0.39, 0.29) is 5.54 Å². The molecule has 0 amide bonds. The van der Waals surface area contributed by atoms with Crippen LogP contribution in [0.4, 0.5) is 0 Å². The molecule has 20 heavy (non-hydrogen) atoms. The van der Waals surface area contributed by atoms with Gasteiger partial charge >= 0.3 is 0 Å². The molecule has 2 rings (SSSR count). The third kappa shape index (κ3) is 3.62. The van der Waals surface area contributed by atoms with E-state index < -0.39 is 0 Å². The van der Waals surface area contributed by atoms with Gasteiger partial charge in [0.25, 0.3) is 0 Å². The first-order valence-corrected chi connectivity index (χ1v) is 8.13. The van der Waals surface area contributed by atoms with Crippen LogP contribution in [0.3, 0.4) is 0 Å². The first-order chi connectivity index (χ1) is 9.57. The van der Waals surface area contributed by atoms with Crippen LogP contribution in [0, 0.1) is 0 Å². The van der Waals surface area contributed by atoms with Crippen LogP contribution in [0.2, 0.25) is 0 Å². The van der Waals surface area contributed by atoms with E-state index in [1.165, 1.54) is 24.8 Å². The van der Waals surface area contributed by atoms with E-state index >= 15 is 0 Å². The van der Waals surface area contributed by atoms with Crippen LogP contribution in [0.5, 0.6) is 0 Å². The molecule has 0 aromatic heterocycles. The topological polar surface area (TPSA) is 15.3 Å². The molecule has 2 nitrogen and oxygen atoms in total. The highest BCUT2D eigenvalue weighted by molar-refractivity contribution is 5.21. The maximum Gasteiger partial charge on any atom is 0.0476 e. The fourth-order valence-electron chi connectivity index (χ4n) is 3.42. The van der Waals surface area contributed by atoms with Crippen LogP contribution >= 0.6 is 0 Å². The van der Waals surface area contributed by atoms with E-state index in [4.69, 9.17) is 0 Å². The molecule has 0 bridgehead atoms. The van der Waals surface area contributed by atoms with Gasteiger partial charge in [0, 0.05) is 30.7 Å². The molecule has 0 spiro atoms. The van der Waals surface area contributed by atoms with Crippen molar-refractivity contribution in [2.24, 2.45) is 0 Å². The van der Waals surface area contributed by atoms with Gasteiger partial charge in [-0.25, -0.2) is 0 Å². The quantitative estimate of drug-likeness (QED) is 0.873. The number of piperazine rings is 1. The highest BCUT2D eigenvalue weighted by Crippen LogP contribution is 2.31. The summed E-state index contributed by atoms with van der Waals surface area (Å²) in [6.45, 7) is 11.5. The smallest absolute Gasteiger partial charge is 0.0476 e. The average Bonchev–Trinajstić information content (AvgIpc) is 2.45. The molecule has 1 aliphatic heterocycles. The molecule has 1 aliphatic rings. The number of rotatable bonds is 5. The summed E-state index contributed by atoms with van der Waals surface area (Å²) in [5.74, 6) is 0. The Kier molecular flexibility index (Phi) is 5.22. The van der Waals surface area contributed by atoms with Gasteiger partial charge in [-0.15, -0.1) is 0 Å². The van der Waals surface area contributed by atoms with Crippen LogP contribution in [-0.2, 0) is 0 Å². The van der Waals surface area contributed by atoms with Gasteiger partial charge in [-0.3, -0.25) is 4.90 Å². The maximum absolute atomic E-state index is 3.72. The second kappa shape index (κ2) is 6.73. The lowest BCUT2D eigenvalue weighted by molar-refractivity contribution is 0.0473. The van der Waals surface area contributed by atoms with E-state index in [2.05, 4.69) is 68.2 Å². The van der Waals surface area contributed by atoms with Crippen molar-refractivity contribution in [2.75, 3.05) is 13.1 Å². The summed E-state index contributed by atoms with van der Waals surface area (Å²) in [6, 6.07) is 12.2.